The Hall–Kier alpha value is -2.20. The predicted molar refractivity (Wildman–Crippen MR) is 121 cm³/mol. The molecule has 0 radical (unpaired) electrons. The number of rotatable bonds is 4. The maximum absolute atomic E-state index is 13.6. The van der Waals surface area contributed by atoms with E-state index in [4.69, 9.17) is 23.7 Å². The summed E-state index contributed by atoms with van der Waals surface area (Å²) in [6.07, 6.45) is -0.356. The summed E-state index contributed by atoms with van der Waals surface area (Å²) in [4.78, 5) is 13.6. The van der Waals surface area contributed by atoms with E-state index < -0.39 is 17.6 Å². The average Bonchev–Trinajstić information content (AvgIpc) is 3.23. The van der Waals surface area contributed by atoms with Crippen molar-refractivity contribution in [2.24, 2.45) is 0 Å². The number of alkyl halides is 1. The normalized spacial score (nSPS) is 24.9. The van der Waals surface area contributed by atoms with Crippen LogP contribution in [0.1, 0.15) is 34.3 Å². The molecule has 2 aromatic carbocycles. The van der Waals surface area contributed by atoms with Gasteiger partial charge in [-0.3, -0.25) is 4.79 Å². The van der Waals surface area contributed by atoms with Crippen molar-refractivity contribution in [2.45, 2.75) is 37.1 Å². The van der Waals surface area contributed by atoms with Crippen LogP contribution in [0.15, 0.2) is 24.3 Å². The number of benzene rings is 2. The molecule has 7 nitrogen and oxygen atoms in total. The van der Waals surface area contributed by atoms with Gasteiger partial charge in [0, 0.05) is 28.0 Å². The van der Waals surface area contributed by atoms with Gasteiger partial charge in [-0.05, 0) is 25.1 Å². The van der Waals surface area contributed by atoms with Gasteiger partial charge in [0.25, 0.3) is 0 Å². The molecule has 5 rings (SSSR count). The molecule has 0 aliphatic carbocycles. The molecular weight excluding hydrogens is 515 g/mol. The molecule has 3 aliphatic rings. The average molecular weight is 538 g/mol. The van der Waals surface area contributed by atoms with Crippen LogP contribution in [0.25, 0.3) is 0 Å². The minimum absolute atomic E-state index is 0.0186. The molecule has 164 valence electrons. The van der Waals surface area contributed by atoms with E-state index in [1.165, 1.54) is 0 Å². The Morgan fingerprint density at radius 1 is 1.16 bits per heavy atom. The van der Waals surface area contributed by atoms with Crippen molar-refractivity contribution in [3.05, 3.63) is 41.0 Å². The third-order valence-corrected chi connectivity index (χ3v) is 7.83. The van der Waals surface area contributed by atoms with Crippen LogP contribution in [0, 0.1) is 0 Å². The lowest BCUT2D eigenvalue weighted by Gasteiger charge is -2.37. The van der Waals surface area contributed by atoms with Gasteiger partial charge in [0.2, 0.25) is 0 Å². The standard InChI is InChI=1S/C23H23IO7/c1-23(26,10-24)19-7-13-14(30-19)5-4-11-21(25)20-12-6-16(27-2)17(28-3)8-15(12)29-9-18(20)31-22(11)13/h4-6,8,18-20,26H,7,9-10H2,1-3H3/t18-,19-,20+,23+/m1/s1. The second-order valence-electron chi connectivity index (χ2n) is 8.27. The second kappa shape index (κ2) is 7.44. The van der Waals surface area contributed by atoms with Gasteiger partial charge < -0.3 is 28.8 Å². The summed E-state index contributed by atoms with van der Waals surface area (Å²) in [6.45, 7) is 2.01. The molecule has 31 heavy (non-hydrogen) atoms. The van der Waals surface area contributed by atoms with Crippen LogP contribution in [0.3, 0.4) is 0 Å². The van der Waals surface area contributed by atoms with Crippen molar-refractivity contribution in [1.29, 1.82) is 0 Å². The lowest BCUT2D eigenvalue weighted by Crippen LogP contribution is -2.44. The number of carbonyl (C=O) groups is 1. The summed E-state index contributed by atoms with van der Waals surface area (Å²) < 4.78 is 29.6. The Balaban J connectivity index is 1.55. The number of methoxy groups -OCH3 is 2. The minimum Gasteiger partial charge on any atom is -0.493 e. The molecule has 8 heteroatoms. The Morgan fingerprint density at radius 2 is 1.90 bits per heavy atom. The molecule has 3 heterocycles. The SMILES string of the molecule is COc1cc2c(cc1OC)[C@@H]1C(=O)c3ccc4c(c3O[C@@H]1CO2)C[C@H]([C@@](C)(O)CI)O4. The fraction of sp³-hybridized carbons (Fsp3) is 0.435. The highest BCUT2D eigenvalue weighted by Crippen LogP contribution is 2.50. The first kappa shape index (κ1) is 20.7. The monoisotopic (exact) mass is 538 g/mol. The highest BCUT2D eigenvalue weighted by Gasteiger charge is 2.47. The quantitative estimate of drug-likeness (QED) is 0.473. The molecule has 0 amide bonds. The van der Waals surface area contributed by atoms with E-state index in [1.807, 2.05) is 0 Å². The van der Waals surface area contributed by atoms with E-state index in [1.54, 1.807) is 45.4 Å². The topological polar surface area (TPSA) is 83.5 Å². The van der Waals surface area contributed by atoms with Gasteiger partial charge in [0.1, 0.15) is 41.7 Å². The smallest absolute Gasteiger partial charge is 0.178 e. The second-order valence-corrected chi connectivity index (χ2v) is 9.04. The first-order valence-electron chi connectivity index (χ1n) is 10.1. The summed E-state index contributed by atoms with van der Waals surface area (Å²) in [5, 5.41) is 10.7. The number of ketones is 1. The zero-order valence-electron chi connectivity index (χ0n) is 17.4. The van der Waals surface area contributed by atoms with Crippen molar-refractivity contribution in [3.8, 4) is 28.7 Å². The van der Waals surface area contributed by atoms with Gasteiger partial charge in [-0.2, -0.15) is 0 Å². The number of halogens is 1. The summed E-state index contributed by atoms with van der Waals surface area (Å²) in [6, 6.07) is 7.10. The number of ether oxygens (including phenoxy) is 5. The van der Waals surface area contributed by atoms with Crippen molar-refractivity contribution in [1.82, 2.24) is 0 Å². The Labute approximate surface area is 193 Å². The van der Waals surface area contributed by atoms with Gasteiger partial charge in [0.15, 0.2) is 17.3 Å². The van der Waals surface area contributed by atoms with E-state index >= 15 is 0 Å². The van der Waals surface area contributed by atoms with E-state index in [0.29, 0.717) is 45.2 Å². The summed E-state index contributed by atoms with van der Waals surface area (Å²) in [5.41, 5.74) is 1.11. The van der Waals surface area contributed by atoms with E-state index in [9.17, 15) is 9.90 Å². The van der Waals surface area contributed by atoms with Gasteiger partial charge in [0.05, 0.1) is 25.7 Å². The lowest BCUT2D eigenvalue weighted by atomic mass is 9.81. The molecule has 3 aliphatic heterocycles. The van der Waals surface area contributed by atoms with Crippen LogP contribution in [-0.2, 0) is 6.42 Å². The number of aliphatic hydroxyl groups is 1. The number of fused-ring (bicyclic) bond motifs is 6. The third-order valence-electron chi connectivity index (χ3n) is 6.28. The fourth-order valence-corrected chi connectivity index (χ4v) is 4.99. The molecule has 1 N–H and O–H groups in total. The maximum Gasteiger partial charge on any atom is 0.178 e. The van der Waals surface area contributed by atoms with Crippen molar-refractivity contribution in [2.75, 3.05) is 25.3 Å². The molecule has 0 spiro atoms. The van der Waals surface area contributed by atoms with Gasteiger partial charge >= 0.3 is 0 Å². The number of hydrogen-bond acceptors (Lipinski definition) is 7. The maximum atomic E-state index is 13.6. The first-order valence-corrected chi connectivity index (χ1v) is 11.6. The largest absolute Gasteiger partial charge is 0.493 e. The van der Waals surface area contributed by atoms with Crippen molar-refractivity contribution in [3.63, 3.8) is 0 Å². The molecule has 0 unspecified atom stereocenters. The van der Waals surface area contributed by atoms with Crippen LogP contribution < -0.4 is 23.7 Å². The molecule has 4 atom stereocenters. The molecule has 0 aromatic heterocycles. The fourth-order valence-electron chi connectivity index (χ4n) is 4.50. The molecular formula is C23H23IO7. The van der Waals surface area contributed by atoms with Crippen LogP contribution in [0.5, 0.6) is 28.7 Å². The number of Topliss-reactive ketones (excluding diaryl/α,β-unsaturated/α-hetero) is 1. The van der Waals surface area contributed by atoms with Gasteiger partial charge in [-0.25, -0.2) is 0 Å². The van der Waals surface area contributed by atoms with E-state index in [2.05, 4.69) is 22.6 Å². The minimum atomic E-state index is -0.976. The predicted octanol–water partition coefficient (Wildman–Crippen LogP) is 3.31. The number of carbonyl (C=O) groups excluding carboxylic acids is 1. The molecule has 0 fully saturated rings. The molecule has 0 bridgehead atoms. The van der Waals surface area contributed by atoms with E-state index in [-0.39, 0.29) is 18.5 Å². The Morgan fingerprint density at radius 3 is 2.61 bits per heavy atom. The van der Waals surface area contributed by atoms with Gasteiger partial charge in [-0.1, -0.05) is 22.6 Å². The van der Waals surface area contributed by atoms with Crippen LogP contribution >= 0.6 is 22.6 Å². The Kier molecular flexibility index (Phi) is 4.97. The van der Waals surface area contributed by atoms with Crippen LogP contribution in [0.2, 0.25) is 0 Å². The first-order chi connectivity index (χ1) is 14.9. The highest BCUT2D eigenvalue weighted by atomic mass is 127. The summed E-state index contributed by atoms with van der Waals surface area (Å²) in [7, 11) is 3.12. The zero-order chi connectivity index (χ0) is 21.9. The third kappa shape index (κ3) is 3.14. The molecule has 0 saturated heterocycles. The number of hydrogen-bond donors (Lipinski definition) is 1. The highest BCUT2D eigenvalue weighted by molar-refractivity contribution is 14.1. The molecule has 0 saturated carbocycles. The summed E-state index contributed by atoms with van der Waals surface area (Å²) in [5.74, 6) is 2.37. The van der Waals surface area contributed by atoms with Crippen molar-refractivity contribution >= 4 is 28.4 Å². The molecule has 2 aromatic rings. The van der Waals surface area contributed by atoms with Gasteiger partial charge in [-0.15, -0.1) is 0 Å². The van der Waals surface area contributed by atoms with Crippen LogP contribution in [0.4, 0.5) is 0 Å². The Bertz CT molecular complexity index is 1060. The van der Waals surface area contributed by atoms with Crippen molar-refractivity contribution < 1.29 is 33.6 Å². The van der Waals surface area contributed by atoms with Crippen LogP contribution in [-0.4, -0.2) is 54.0 Å². The zero-order valence-corrected chi connectivity index (χ0v) is 19.6. The lowest BCUT2D eigenvalue weighted by molar-refractivity contribution is -0.0167. The van der Waals surface area contributed by atoms with E-state index in [0.717, 1.165) is 11.1 Å². The summed E-state index contributed by atoms with van der Waals surface area (Å²) >= 11 is 2.15.